The third kappa shape index (κ3) is 5.34. The van der Waals surface area contributed by atoms with E-state index < -0.39 is 11.0 Å². The Kier molecular flexibility index (Phi) is 6.41. The minimum Gasteiger partial charge on any atom is -0.387 e. The van der Waals surface area contributed by atoms with E-state index in [1.54, 1.807) is 12.1 Å². The van der Waals surface area contributed by atoms with Crippen LogP contribution in [0.2, 0.25) is 0 Å². The monoisotopic (exact) mass is 268 g/mol. The smallest absolute Gasteiger partial charge is 0.269 e. The van der Waals surface area contributed by atoms with E-state index in [9.17, 15) is 15.2 Å². The first-order valence-corrected chi connectivity index (χ1v) is 6.23. The van der Waals surface area contributed by atoms with E-state index in [0.717, 1.165) is 0 Å². The average Bonchev–Trinajstić information content (AvgIpc) is 2.39. The average molecular weight is 268 g/mol. The summed E-state index contributed by atoms with van der Waals surface area (Å²) >= 11 is 0. The van der Waals surface area contributed by atoms with Gasteiger partial charge in [-0.05, 0) is 19.5 Å². The maximum absolute atomic E-state index is 10.7. The summed E-state index contributed by atoms with van der Waals surface area (Å²) in [5.74, 6) is 0. The Morgan fingerprint density at radius 1 is 1.53 bits per heavy atom. The Bertz CT molecular complexity index is 411. The molecule has 0 spiro atoms. The van der Waals surface area contributed by atoms with Crippen LogP contribution in [-0.4, -0.2) is 48.3 Å². The first-order chi connectivity index (χ1) is 9.04. The Morgan fingerprint density at radius 3 is 2.89 bits per heavy atom. The number of hydrogen-bond donors (Lipinski definition) is 1. The lowest BCUT2D eigenvalue weighted by Gasteiger charge is -2.20. The van der Waals surface area contributed by atoms with Crippen LogP contribution in [0, 0.1) is 10.1 Å². The number of likely N-dealkylation sites (N-methyl/N-ethyl adjacent to an activating group) is 1. The lowest BCUT2D eigenvalue weighted by molar-refractivity contribution is -0.385. The highest BCUT2D eigenvalue weighted by molar-refractivity contribution is 5.35. The van der Waals surface area contributed by atoms with Crippen molar-refractivity contribution in [1.82, 2.24) is 4.90 Å². The predicted molar refractivity (Wildman–Crippen MR) is 72.0 cm³/mol. The van der Waals surface area contributed by atoms with Crippen LogP contribution in [0.5, 0.6) is 0 Å². The van der Waals surface area contributed by atoms with E-state index in [-0.39, 0.29) is 5.69 Å². The number of nitro benzene ring substituents is 1. The highest BCUT2D eigenvalue weighted by atomic mass is 16.6. The van der Waals surface area contributed by atoms with Crippen molar-refractivity contribution in [2.45, 2.75) is 13.0 Å². The summed E-state index contributed by atoms with van der Waals surface area (Å²) in [6.07, 6.45) is -0.744. The van der Waals surface area contributed by atoms with Gasteiger partial charge in [0.05, 0.1) is 17.6 Å². The van der Waals surface area contributed by atoms with Gasteiger partial charge in [0, 0.05) is 31.8 Å². The maximum Gasteiger partial charge on any atom is 0.269 e. The standard InChI is InChI=1S/C13H20N2O4/c1-3-19-8-7-14(2)10-13(16)11-5-4-6-12(9-11)15(17)18/h4-6,9,13,16H,3,7-8,10H2,1-2H3. The molecule has 1 atom stereocenters. The molecule has 0 aliphatic heterocycles. The first kappa shape index (κ1) is 15.6. The molecule has 0 aliphatic rings. The highest BCUT2D eigenvalue weighted by Crippen LogP contribution is 2.19. The normalized spacial score (nSPS) is 12.6. The minimum atomic E-state index is -0.744. The van der Waals surface area contributed by atoms with Crippen LogP contribution in [0.4, 0.5) is 5.69 Å². The Balaban J connectivity index is 2.55. The van der Waals surface area contributed by atoms with E-state index in [0.29, 0.717) is 31.9 Å². The number of hydrogen-bond acceptors (Lipinski definition) is 5. The van der Waals surface area contributed by atoms with Crippen LogP contribution < -0.4 is 0 Å². The van der Waals surface area contributed by atoms with Gasteiger partial charge in [-0.1, -0.05) is 12.1 Å². The topological polar surface area (TPSA) is 75.8 Å². The van der Waals surface area contributed by atoms with Crippen molar-refractivity contribution in [3.63, 3.8) is 0 Å². The molecule has 1 aromatic rings. The van der Waals surface area contributed by atoms with Crippen LogP contribution in [0.1, 0.15) is 18.6 Å². The molecule has 0 aromatic heterocycles. The van der Waals surface area contributed by atoms with Crippen molar-refractivity contribution in [3.05, 3.63) is 39.9 Å². The van der Waals surface area contributed by atoms with Gasteiger partial charge >= 0.3 is 0 Å². The summed E-state index contributed by atoms with van der Waals surface area (Å²) in [5, 5.41) is 20.7. The summed E-state index contributed by atoms with van der Waals surface area (Å²) in [6, 6.07) is 6.08. The second kappa shape index (κ2) is 7.83. The molecule has 0 heterocycles. The zero-order chi connectivity index (χ0) is 14.3. The number of ether oxygens (including phenoxy) is 1. The molecule has 0 aliphatic carbocycles. The van der Waals surface area contributed by atoms with Crippen molar-refractivity contribution in [2.75, 3.05) is 33.4 Å². The fourth-order valence-electron chi connectivity index (χ4n) is 1.70. The third-order valence-corrected chi connectivity index (χ3v) is 2.77. The SMILES string of the molecule is CCOCCN(C)CC(O)c1cccc([N+](=O)[O-])c1. The summed E-state index contributed by atoms with van der Waals surface area (Å²) < 4.78 is 5.23. The third-order valence-electron chi connectivity index (χ3n) is 2.77. The number of rotatable bonds is 8. The van der Waals surface area contributed by atoms with Crippen LogP contribution in [0.15, 0.2) is 24.3 Å². The Morgan fingerprint density at radius 2 is 2.26 bits per heavy atom. The van der Waals surface area contributed by atoms with E-state index in [4.69, 9.17) is 4.74 Å². The fourth-order valence-corrected chi connectivity index (χ4v) is 1.70. The van der Waals surface area contributed by atoms with Gasteiger partial charge in [-0.3, -0.25) is 10.1 Å². The number of aliphatic hydroxyl groups is 1. The Labute approximate surface area is 112 Å². The van der Waals surface area contributed by atoms with Crippen molar-refractivity contribution >= 4 is 5.69 Å². The lowest BCUT2D eigenvalue weighted by Crippen LogP contribution is -2.28. The predicted octanol–water partition coefficient (Wildman–Crippen LogP) is 1.60. The van der Waals surface area contributed by atoms with Gasteiger partial charge in [0.25, 0.3) is 5.69 Å². The zero-order valence-corrected chi connectivity index (χ0v) is 11.3. The molecular formula is C13H20N2O4. The lowest BCUT2D eigenvalue weighted by atomic mass is 10.1. The van der Waals surface area contributed by atoms with Gasteiger partial charge in [0.2, 0.25) is 0 Å². The van der Waals surface area contributed by atoms with Crippen molar-refractivity contribution < 1.29 is 14.8 Å². The van der Waals surface area contributed by atoms with E-state index in [1.165, 1.54) is 12.1 Å². The van der Waals surface area contributed by atoms with Gasteiger partial charge in [-0.25, -0.2) is 0 Å². The Hall–Kier alpha value is -1.50. The van der Waals surface area contributed by atoms with Crippen LogP contribution in [0.3, 0.4) is 0 Å². The molecule has 1 aromatic carbocycles. The minimum absolute atomic E-state index is 0.00600. The molecule has 19 heavy (non-hydrogen) atoms. The summed E-state index contributed by atoms with van der Waals surface area (Å²) in [5.41, 5.74) is 0.547. The molecule has 106 valence electrons. The van der Waals surface area contributed by atoms with Gasteiger partial charge in [0.15, 0.2) is 0 Å². The van der Waals surface area contributed by atoms with Gasteiger partial charge in [0.1, 0.15) is 0 Å². The van der Waals surface area contributed by atoms with Crippen molar-refractivity contribution in [3.8, 4) is 0 Å². The van der Waals surface area contributed by atoms with Gasteiger partial charge in [-0.15, -0.1) is 0 Å². The number of aliphatic hydroxyl groups excluding tert-OH is 1. The van der Waals surface area contributed by atoms with E-state index >= 15 is 0 Å². The molecule has 1 N–H and O–H groups in total. The molecule has 0 fully saturated rings. The number of non-ortho nitro benzene ring substituents is 1. The maximum atomic E-state index is 10.7. The molecule has 6 nitrogen and oxygen atoms in total. The second-order valence-electron chi connectivity index (χ2n) is 4.33. The molecule has 0 saturated carbocycles. The molecule has 0 bridgehead atoms. The fraction of sp³-hybridized carbons (Fsp3) is 0.538. The van der Waals surface area contributed by atoms with Crippen molar-refractivity contribution in [2.24, 2.45) is 0 Å². The molecule has 1 rings (SSSR count). The molecule has 1 unspecified atom stereocenters. The van der Waals surface area contributed by atoms with E-state index in [1.807, 2.05) is 18.9 Å². The highest BCUT2D eigenvalue weighted by Gasteiger charge is 2.14. The van der Waals surface area contributed by atoms with Gasteiger partial charge < -0.3 is 14.7 Å². The number of nitro groups is 1. The molecular weight excluding hydrogens is 248 g/mol. The largest absolute Gasteiger partial charge is 0.387 e. The quantitative estimate of drug-likeness (QED) is 0.440. The number of nitrogens with zero attached hydrogens (tertiary/aromatic N) is 2. The molecule has 0 amide bonds. The molecule has 0 radical (unpaired) electrons. The van der Waals surface area contributed by atoms with E-state index in [2.05, 4.69) is 0 Å². The van der Waals surface area contributed by atoms with Crippen LogP contribution >= 0.6 is 0 Å². The summed E-state index contributed by atoms with van der Waals surface area (Å²) in [7, 11) is 1.87. The van der Waals surface area contributed by atoms with Gasteiger partial charge in [-0.2, -0.15) is 0 Å². The molecule has 6 heteroatoms. The van der Waals surface area contributed by atoms with Crippen molar-refractivity contribution in [1.29, 1.82) is 0 Å². The molecule has 0 saturated heterocycles. The number of benzene rings is 1. The summed E-state index contributed by atoms with van der Waals surface area (Å²) in [4.78, 5) is 12.1. The second-order valence-corrected chi connectivity index (χ2v) is 4.33. The first-order valence-electron chi connectivity index (χ1n) is 6.23. The summed E-state index contributed by atoms with van der Waals surface area (Å²) in [6.45, 7) is 4.32. The van der Waals surface area contributed by atoms with Crippen LogP contribution in [0.25, 0.3) is 0 Å². The zero-order valence-electron chi connectivity index (χ0n) is 11.3. The van der Waals surface area contributed by atoms with Crippen LogP contribution in [-0.2, 0) is 4.74 Å².